The molecular weight excluding hydrogens is 314 g/mol. The molecule has 0 aromatic heterocycles. The maximum absolute atomic E-state index is 12.6. The van der Waals surface area contributed by atoms with E-state index in [-0.39, 0.29) is 35.6 Å². The zero-order valence-electron chi connectivity index (χ0n) is 15.4. The number of aliphatic hydroxyl groups is 1. The predicted octanol–water partition coefficient (Wildman–Crippen LogP) is 2.48. The minimum Gasteiger partial charge on any atom is -0.394 e. The maximum Gasteiger partial charge on any atom is 0.263 e. The number of carbonyl (C=O) groups excluding carboxylic acids is 1. The molecule has 25 heavy (non-hydrogen) atoms. The molecule has 4 saturated carbocycles. The molecule has 2 atom stereocenters. The van der Waals surface area contributed by atoms with Crippen LogP contribution in [0.1, 0.15) is 58.8 Å². The lowest BCUT2D eigenvalue weighted by molar-refractivity contribution is -0.122. The van der Waals surface area contributed by atoms with Gasteiger partial charge in [-0.3, -0.25) is 4.79 Å². The number of rotatable bonds is 7. The van der Waals surface area contributed by atoms with E-state index in [2.05, 4.69) is 17.6 Å². The molecule has 4 rings (SSSR count). The zero-order valence-corrected chi connectivity index (χ0v) is 15.4. The summed E-state index contributed by atoms with van der Waals surface area (Å²) in [5, 5.41) is 24.6. The quantitative estimate of drug-likeness (QED) is 0.489. The van der Waals surface area contributed by atoms with Gasteiger partial charge in [0.1, 0.15) is 11.6 Å². The summed E-state index contributed by atoms with van der Waals surface area (Å²) in [5.41, 5.74) is 0.318. The van der Waals surface area contributed by atoms with Gasteiger partial charge in [-0.25, -0.2) is 0 Å². The van der Waals surface area contributed by atoms with E-state index in [1.165, 1.54) is 44.7 Å². The van der Waals surface area contributed by atoms with Gasteiger partial charge < -0.3 is 15.7 Å². The summed E-state index contributed by atoms with van der Waals surface area (Å²) in [5.74, 6) is 2.22. The minimum atomic E-state index is -0.300. The predicted molar refractivity (Wildman–Crippen MR) is 96.2 cm³/mol. The van der Waals surface area contributed by atoms with E-state index in [1.54, 1.807) is 0 Å². The van der Waals surface area contributed by atoms with Crippen molar-refractivity contribution in [3.63, 3.8) is 0 Å². The molecule has 5 nitrogen and oxygen atoms in total. The van der Waals surface area contributed by atoms with Gasteiger partial charge >= 0.3 is 0 Å². The van der Waals surface area contributed by atoms with Gasteiger partial charge in [0.05, 0.1) is 6.61 Å². The Labute approximate surface area is 150 Å². The normalized spacial score (nSPS) is 35.8. The molecule has 1 amide bonds. The van der Waals surface area contributed by atoms with Gasteiger partial charge in [0.25, 0.3) is 5.91 Å². The van der Waals surface area contributed by atoms with E-state index >= 15 is 0 Å². The van der Waals surface area contributed by atoms with Crippen molar-refractivity contribution in [1.82, 2.24) is 10.6 Å². The second-order valence-corrected chi connectivity index (χ2v) is 8.60. The summed E-state index contributed by atoms with van der Waals surface area (Å²) in [6.45, 7) is 4.05. The van der Waals surface area contributed by atoms with Gasteiger partial charge in [-0.1, -0.05) is 6.92 Å². The lowest BCUT2D eigenvalue weighted by Crippen LogP contribution is -2.56. The van der Waals surface area contributed by atoms with Gasteiger partial charge in [0.2, 0.25) is 0 Å². The first kappa shape index (κ1) is 18.3. The molecule has 3 N–H and O–H groups in total. The van der Waals surface area contributed by atoms with Gasteiger partial charge in [0, 0.05) is 18.3 Å². The lowest BCUT2D eigenvalue weighted by Gasteiger charge is -2.59. The van der Waals surface area contributed by atoms with Crippen molar-refractivity contribution in [3.8, 4) is 6.07 Å². The van der Waals surface area contributed by atoms with Crippen LogP contribution in [-0.2, 0) is 4.79 Å². The van der Waals surface area contributed by atoms with Crippen molar-refractivity contribution < 1.29 is 9.90 Å². The fraction of sp³-hybridized carbons (Fsp3) is 0.800. The van der Waals surface area contributed by atoms with Crippen molar-refractivity contribution in [1.29, 1.82) is 5.26 Å². The third-order valence-electron chi connectivity index (χ3n) is 6.89. The molecule has 4 aliphatic rings. The zero-order chi connectivity index (χ0) is 18.0. The molecule has 0 saturated heterocycles. The first-order valence-corrected chi connectivity index (χ1v) is 9.77. The Hall–Kier alpha value is -1.54. The van der Waals surface area contributed by atoms with Crippen molar-refractivity contribution in [2.45, 2.75) is 70.9 Å². The smallest absolute Gasteiger partial charge is 0.263 e. The number of nitriles is 1. The van der Waals surface area contributed by atoms with Gasteiger partial charge in [-0.05, 0) is 75.0 Å². The fourth-order valence-electron chi connectivity index (χ4n) is 5.78. The second kappa shape index (κ2) is 7.37. The van der Waals surface area contributed by atoms with Crippen molar-refractivity contribution >= 4 is 5.91 Å². The molecule has 0 spiro atoms. The Kier molecular flexibility index (Phi) is 5.38. The molecule has 2 unspecified atom stereocenters. The highest BCUT2D eigenvalue weighted by atomic mass is 16.3. The van der Waals surface area contributed by atoms with Gasteiger partial charge in [-0.2, -0.15) is 5.26 Å². The van der Waals surface area contributed by atoms with Crippen molar-refractivity contribution in [2.75, 3.05) is 6.61 Å². The Morgan fingerprint density at radius 3 is 2.28 bits per heavy atom. The molecule has 4 fully saturated rings. The highest BCUT2D eigenvalue weighted by molar-refractivity contribution is 5.97. The fourth-order valence-corrected chi connectivity index (χ4v) is 5.78. The van der Waals surface area contributed by atoms with E-state index in [0.29, 0.717) is 0 Å². The summed E-state index contributed by atoms with van der Waals surface area (Å²) in [7, 11) is 0. The van der Waals surface area contributed by atoms with Gasteiger partial charge in [-0.15, -0.1) is 0 Å². The van der Waals surface area contributed by atoms with Crippen LogP contribution in [0.25, 0.3) is 0 Å². The van der Waals surface area contributed by atoms with Crippen LogP contribution in [0, 0.1) is 34.5 Å². The Morgan fingerprint density at radius 2 is 1.84 bits per heavy atom. The third-order valence-corrected chi connectivity index (χ3v) is 6.89. The molecule has 0 aromatic rings. The van der Waals surface area contributed by atoms with Crippen LogP contribution in [0.2, 0.25) is 0 Å². The summed E-state index contributed by atoms with van der Waals surface area (Å²) in [4.78, 5) is 12.6. The van der Waals surface area contributed by atoms with E-state index in [1.807, 2.05) is 13.0 Å². The Morgan fingerprint density at radius 1 is 1.28 bits per heavy atom. The van der Waals surface area contributed by atoms with E-state index in [9.17, 15) is 15.2 Å². The van der Waals surface area contributed by atoms with Crippen molar-refractivity contribution in [3.05, 3.63) is 11.8 Å². The summed E-state index contributed by atoms with van der Waals surface area (Å²) >= 11 is 0. The van der Waals surface area contributed by atoms with Crippen LogP contribution in [0.4, 0.5) is 0 Å². The highest BCUT2D eigenvalue weighted by Gasteiger charge is 2.53. The maximum atomic E-state index is 12.6. The molecule has 0 aliphatic heterocycles. The van der Waals surface area contributed by atoms with Crippen LogP contribution in [0.5, 0.6) is 0 Å². The van der Waals surface area contributed by atoms with Crippen molar-refractivity contribution in [2.24, 2.45) is 23.2 Å². The van der Waals surface area contributed by atoms with E-state index in [4.69, 9.17) is 0 Å². The molecule has 5 heteroatoms. The average Bonchev–Trinajstić information content (AvgIpc) is 2.57. The summed E-state index contributed by atoms with van der Waals surface area (Å²) in [6, 6.07) is 1.96. The molecule has 4 bridgehead atoms. The number of nitrogens with zero attached hydrogens (tertiary/aromatic N) is 1. The molecule has 0 radical (unpaired) electrons. The second-order valence-electron chi connectivity index (χ2n) is 8.60. The van der Waals surface area contributed by atoms with Gasteiger partial charge in [0.15, 0.2) is 0 Å². The Balaban J connectivity index is 1.64. The topological polar surface area (TPSA) is 85.2 Å². The average molecular weight is 345 g/mol. The molecule has 0 heterocycles. The molecule has 4 aliphatic carbocycles. The number of nitrogens with one attached hydrogen (secondary N) is 2. The highest BCUT2D eigenvalue weighted by Crippen LogP contribution is 2.61. The van der Waals surface area contributed by atoms with E-state index in [0.717, 1.165) is 24.2 Å². The number of hydrogen-bond donors (Lipinski definition) is 3. The number of carbonyl (C=O) groups is 1. The molecule has 0 aromatic carbocycles. The van der Waals surface area contributed by atoms with E-state index < -0.39 is 0 Å². The number of aliphatic hydroxyl groups excluding tert-OH is 1. The summed E-state index contributed by atoms with van der Waals surface area (Å²) < 4.78 is 0. The van der Waals surface area contributed by atoms with Crippen LogP contribution in [0.15, 0.2) is 11.8 Å². The minimum absolute atomic E-state index is 0.0169. The van der Waals surface area contributed by atoms with Crippen LogP contribution in [-0.4, -0.2) is 29.7 Å². The summed E-state index contributed by atoms with van der Waals surface area (Å²) in [6.07, 6.45) is 10.0. The molecule has 138 valence electrons. The van der Waals surface area contributed by atoms with Crippen LogP contribution >= 0.6 is 0 Å². The number of hydrogen-bond acceptors (Lipinski definition) is 4. The Bertz CT molecular complexity index is 539. The monoisotopic (exact) mass is 345 g/mol. The van der Waals surface area contributed by atoms with Crippen LogP contribution in [0.3, 0.4) is 0 Å². The first-order chi connectivity index (χ1) is 12.0. The number of amides is 1. The third kappa shape index (κ3) is 3.69. The van der Waals surface area contributed by atoms with Crippen LogP contribution < -0.4 is 10.6 Å². The largest absolute Gasteiger partial charge is 0.394 e. The standard InChI is InChI=1S/C20H31N3O2/c1-3-18(12-24)22-11-17(10-21)19(25)23-13(2)20-7-14-4-15(8-20)6-16(5-14)9-20/h11,13-16,18,22,24H,3-9,12H2,1-2H3,(H,23,25)/b17-11-. The lowest BCUT2D eigenvalue weighted by atomic mass is 9.48. The molecular formula is C20H31N3O2. The first-order valence-electron chi connectivity index (χ1n) is 9.77. The SMILES string of the molecule is CCC(CO)N/C=C(/C#N)C(=O)NC(C)C12CC3CC(CC(C3)C1)C2.